The van der Waals surface area contributed by atoms with Gasteiger partial charge >= 0.3 is 0 Å². The molecule has 11 rings (SSSR count). The van der Waals surface area contributed by atoms with Crippen LogP contribution in [-0.4, -0.2) is 93.4 Å². The van der Waals surface area contributed by atoms with E-state index < -0.39 is 44.9 Å². The molecule has 2 heterocycles. The van der Waals surface area contributed by atoms with Crippen LogP contribution in [0.1, 0.15) is 179 Å². The van der Waals surface area contributed by atoms with Crippen molar-refractivity contribution in [2.45, 2.75) is 198 Å². The molecule has 74 heavy (non-hydrogen) atoms. The summed E-state index contributed by atoms with van der Waals surface area (Å²) < 4.78 is 6.77. The van der Waals surface area contributed by atoms with Crippen molar-refractivity contribution in [2.24, 2.45) is 69.0 Å². The number of hydrogen-bond donors (Lipinski definition) is 8. The Balaban J connectivity index is 1.03. The van der Waals surface area contributed by atoms with E-state index in [9.17, 15) is 25.5 Å². The van der Waals surface area contributed by atoms with Gasteiger partial charge in [-0.15, -0.1) is 0 Å². The van der Waals surface area contributed by atoms with Gasteiger partial charge in [0.25, 0.3) is 0 Å². The molecule has 2 aromatic carbocycles. The van der Waals surface area contributed by atoms with Gasteiger partial charge in [-0.1, -0.05) is 63.8 Å². The Kier molecular flexibility index (Phi) is 13.8. The van der Waals surface area contributed by atoms with Crippen LogP contribution in [0.3, 0.4) is 0 Å². The third kappa shape index (κ3) is 8.35. The number of aromatic hydroxyl groups is 1. The number of nitrogen functional groups attached to an aromatic ring is 1. The van der Waals surface area contributed by atoms with Crippen LogP contribution in [0.4, 0.5) is 5.69 Å². The summed E-state index contributed by atoms with van der Waals surface area (Å²) in [6.07, 6.45) is 13.1. The molecule has 0 unspecified atom stereocenters. The molecule has 0 aromatic heterocycles. The molecular weight excluding hydrogens is 927 g/mol. The highest BCUT2D eigenvalue weighted by molar-refractivity contribution is 6.01. The summed E-state index contributed by atoms with van der Waals surface area (Å²) >= 11 is 0. The molecule has 406 valence electrons. The number of ketones is 2. The number of aliphatic hydroxyl groups excluding tert-OH is 3. The second-order valence-electron chi connectivity index (χ2n) is 27.5. The summed E-state index contributed by atoms with van der Waals surface area (Å²) in [7, 11) is 1.90. The minimum atomic E-state index is -0.943. The van der Waals surface area contributed by atoms with E-state index >= 15 is 9.59 Å². The van der Waals surface area contributed by atoms with Crippen LogP contribution in [0.2, 0.25) is 0 Å². The topological polar surface area (TPSA) is 198 Å². The Bertz CT molecular complexity index is 2510. The first-order chi connectivity index (χ1) is 35.2. The zero-order valence-electron chi connectivity index (χ0n) is 45.6. The van der Waals surface area contributed by atoms with E-state index in [2.05, 4.69) is 56.5 Å². The van der Waals surface area contributed by atoms with Crippen molar-refractivity contribution in [2.75, 3.05) is 32.5 Å². The number of aliphatic hydroxyl groups is 4. The number of carbonyl (C=O) groups excluding carboxylic acids is 2. The summed E-state index contributed by atoms with van der Waals surface area (Å²) in [6.45, 7) is 12.3. The highest BCUT2D eigenvalue weighted by Gasteiger charge is 2.75. The molecule has 2 saturated heterocycles. The molecule has 7 fully saturated rings. The Hall–Kier alpha value is -3.16. The van der Waals surface area contributed by atoms with Gasteiger partial charge in [-0.2, -0.15) is 0 Å². The minimum Gasteiger partial charge on any atom is -0.508 e. The third-order valence-corrected chi connectivity index (χ3v) is 23.5. The largest absolute Gasteiger partial charge is 0.508 e. The Morgan fingerprint density at radius 3 is 2.43 bits per heavy atom. The SMILES string of the molecule is CNCc1cc(O)cc([C@@H]2C[C@@]3(C)[C@H]4CCC5=C6C(=O)C[C@]5(C)[C@]4(C[C@@H]4NC[C@](C)(O)CCCC[C@@](C)(C2=O)[C@H]43)[C@H](CO)CC[C@@H]2CC[C@H](CO)C[C@@H]2[C@@H]6C[C@@H](O)[C@H]2O[C@]2(C)[C@@H]2CCC[C@H]2c2cccc(N)c2)c1. The average Bonchev–Trinajstić information content (AvgIpc) is 3.69. The van der Waals surface area contributed by atoms with Crippen LogP contribution in [0.15, 0.2) is 53.6 Å². The van der Waals surface area contributed by atoms with E-state index in [1.165, 1.54) is 11.1 Å². The number of carbonyl (C=O) groups is 2. The molecule has 11 heteroatoms. The van der Waals surface area contributed by atoms with E-state index in [0.29, 0.717) is 57.5 Å². The molecule has 1 spiro atoms. The normalized spacial score (nSPS) is 45.5. The Morgan fingerprint density at radius 1 is 0.892 bits per heavy atom. The summed E-state index contributed by atoms with van der Waals surface area (Å²) in [4.78, 5) is 31.6. The molecule has 2 aromatic rings. The highest BCUT2D eigenvalue weighted by atomic mass is 16.6. The Labute approximate surface area is 441 Å². The number of allylic oxidation sites excluding steroid dienone is 2. The first kappa shape index (κ1) is 52.9. The summed E-state index contributed by atoms with van der Waals surface area (Å²) in [5, 5.41) is 66.4. The fraction of sp³-hybridized carbons (Fsp3) is 0.746. The lowest BCUT2D eigenvalue weighted by atomic mass is 9.31. The molecule has 2 aliphatic heterocycles. The first-order valence-electron chi connectivity index (χ1n) is 29.4. The molecule has 0 amide bonds. The predicted octanol–water partition coefficient (Wildman–Crippen LogP) is 9.27. The number of fused-ring (bicyclic) bond motifs is 2. The van der Waals surface area contributed by atoms with Gasteiger partial charge in [0.2, 0.25) is 0 Å². The smallest absolute Gasteiger partial charge is 0.160 e. The van der Waals surface area contributed by atoms with Crippen LogP contribution < -0.4 is 16.4 Å². The van der Waals surface area contributed by atoms with Gasteiger partial charge in [-0.3, -0.25) is 9.59 Å². The van der Waals surface area contributed by atoms with Crippen molar-refractivity contribution < 1.29 is 39.9 Å². The van der Waals surface area contributed by atoms with Gasteiger partial charge in [0, 0.05) is 61.2 Å². The van der Waals surface area contributed by atoms with Crippen molar-refractivity contribution in [1.82, 2.24) is 10.6 Å². The van der Waals surface area contributed by atoms with Crippen LogP contribution in [0.25, 0.3) is 0 Å². The summed E-state index contributed by atoms with van der Waals surface area (Å²) in [6, 6.07) is 13.8. The molecular formula is C63H91N3O8. The fourth-order valence-corrected chi connectivity index (χ4v) is 20.5. The number of hydrogen-bond acceptors (Lipinski definition) is 11. The molecule has 7 aliphatic carbocycles. The number of rotatable bonds is 10. The molecule has 5 saturated carbocycles. The molecule has 9 aliphatic rings. The minimum absolute atomic E-state index is 0.00175. The number of anilines is 1. The lowest BCUT2D eigenvalue weighted by molar-refractivity contribution is -0.226. The van der Waals surface area contributed by atoms with E-state index in [-0.39, 0.29) is 90.0 Å². The van der Waals surface area contributed by atoms with Gasteiger partial charge < -0.3 is 46.6 Å². The number of nitrogens with two attached hydrogens (primary N) is 1. The number of phenolic OH excluding ortho intramolecular Hbond substituents is 1. The molecule has 11 nitrogen and oxygen atoms in total. The molecule has 9 N–H and O–H groups in total. The quantitative estimate of drug-likeness (QED) is 0.0834. The van der Waals surface area contributed by atoms with Crippen LogP contribution in [0, 0.1) is 69.0 Å². The van der Waals surface area contributed by atoms with E-state index in [1.54, 1.807) is 6.07 Å². The maximum Gasteiger partial charge on any atom is 0.160 e. The number of Topliss-reactive ketones (excluding diaryl/α,β-unsaturated/α-hetero) is 2. The monoisotopic (exact) mass is 1020 g/mol. The highest BCUT2D eigenvalue weighted by Crippen LogP contribution is 2.78. The third-order valence-electron chi connectivity index (χ3n) is 23.5. The summed E-state index contributed by atoms with van der Waals surface area (Å²) in [5.41, 5.74) is 8.57. The molecule has 4 bridgehead atoms. The number of β-amino-alcohol motifs (C(OH)–C–C–N with tert-alkyl or cyclic N) is 1. The van der Waals surface area contributed by atoms with Gasteiger partial charge in [0.1, 0.15) is 17.6 Å². The summed E-state index contributed by atoms with van der Waals surface area (Å²) in [5.74, 6) is 0.861. The average molecular weight is 1020 g/mol. The zero-order chi connectivity index (χ0) is 52.3. The predicted molar refractivity (Wildman–Crippen MR) is 288 cm³/mol. The maximum absolute atomic E-state index is 15.8. The van der Waals surface area contributed by atoms with Gasteiger partial charge in [0.05, 0.1) is 17.3 Å². The van der Waals surface area contributed by atoms with Crippen molar-refractivity contribution >= 4 is 17.3 Å². The second kappa shape index (κ2) is 19.3. The molecule has 19 atom stereocenters. The Morgan fingerprint density at radius 2 is 1.68 bits per heavy atom. The number of ether oxygens (including phenoxy) is 1. The standard InChI is InChI=1S/C63H91N3O8/c1-58(73)21-7-8-22-59(2)55-50(66-35-58)30-63-41(34-68)18-17-38-16-15-36(33-67)25-45(38)46(28-51(70)57-62(5,74-57)48-14-10-13-44(48)39-11-9-12-42(64)26-39)54-49(61(63,4)31-52(54)71)19-20-53(63)60(55,3)29-47(56(59)72)40-23-37(32-65-6)24-43(69)27-40/h9,11-12,23-24,26-27,36,38,41,44-48,50-51,53,55,57,65-70,73H,7-8,10,13-22,25,28-35,64H2,1-6H3/t36-,38-,41-,44-,45-,46-,47-,48+,50-,51+,53+,55-,57+,58+,59+,60-,61-,62+,63+/m0/s1. The van der Waals surface area contributed by atoms with E-state index in [4.69, 9.17) is 10.5 Å². The van der Waals surface area contributed by atoms with E-state index in [1.807, 2.05) is 32.2 Å². The van der Waals surface area contributed by atoms with E-state index in [0.717, 1.165) is 99.4 Å². The van der Waals surface area contributed by atoms with Crippen molar-refractivity contribution in [1.29, 1.82) is 0 Å². The van der Waals surface area contributed by atoms with Gasteiger partial charge in [0.15, 0.2) is 5.78 Å². The van der Waals surface area contributed by atoms with Crippen molar-refractivity contribution in [3.05, 3.63) is 70.3 Å². The van der Waals surface area contributed by atoms with Gasteiger partial charge in [-0.05, 0) is 221 Å². The number of benzene rings is 2. The maximum atomic E-state index is 15.8. The number of phenols is 1. The second-order valence-corrected chi connectivity index (χ2v) is 27.5. The van der Waals surface area contributed by atoms with Gasteiger partial charge in [-0.25, -0.2) is 0 Å². The number of epoxide rings is 1. The van der Waals surface area contributed by atoms with Crippen molar-refractivity contribution in [3.8, 4) is 5.75 Å². The van der Waals surface area contributed by atoms with Crippen LogP contribution >= 0.6 is 0 Å². The number of nitrogens with one attached hydrogen (secondary N) is 2. The van der Waals surface area contributed by atoms with Crippen LogP contribution in [-0.2, 0) is 20.9 Å². The zero-order valence-corrected chi connectivity index (χ0v) is 45.6. The fourth-order valence-electron chi connectivity index (χ4n) is 20.5. The van der Waals surface area contributed by atoms with Crippen molar-refractivity contribution in [3.63, 3.8) is 0 Å². The lowest BCUT2D eigenvalue weighted by Gasteiger charge is -2.73. The first-order valence-corrected chi connectivity index (χ1v) is 29.4. The lowest BCUT2D eigenvalue weighted by Crippen LogP contribution is -2.73. The molecule has 0 radical (unpaired) electrons. The van der Waals surface area contributed by atoms with Crippen LogP contribution in [0.5, 0.6) is 5.75 Å².